The molecule has 2 unspecified atom stereocenters. The van der Waals surface area contributed by atoms with Crippen molar-refractivity contribution in [2.24, 2.45) is 0 Å². The van der Waals surface area contributed by atoms with Gasteiger partial charge in [0.15, 0.2) is 0 Å². The number of alkyl halides is 1. The molecule has 1 aromatic heterocycles. The third kappa shape index (κ3) is 3.28. The van der Waals surface area contributed by atoms with Crippen molar-refractivity contribution in [2.45, 2.75) is 49.9 Å². The highest BCUT2D eigenvalue weighted by Crippen LogP contribution is 2.24. The molecule has 1 aromatic rings. The second kappa shape index (κ2) is 5.96. The molecule has 3 nitrogen and oxygen atoms in total. The molecule has 2 atom stereocenters. The monoisotopic (exact) mass is 316 g/mol. The van der Waals surface area contributed by atoms with Gasteiger partial charge in [-0.1, -0.05) is 35.2 Å². The summed E-state index contributed by atoms with van der Waals surface area (Å²) in [6, 6.07) is 0.256. The van der Waals surface area contributed by atoms with E-state index in [-0.39, 0.29) is 11.9 Å². The third-order valence-electron chi connectivity index (χ3n) is 3.20. The maximum absolute atomic E-state index is 12.1. The maximum Gasteiger partial charge on any atom is 0.263 e. The number of hydrogen-bond acceptors (Lipinski definition) is 3. The number of carbonyl (C=O) groups is 1. The summed E-state index contributed by atoms with van der Waals surface area (Å²) in [4.78, 5) is 17.4. The zero-order chi connectivity index (χ0) is 12.3. The Hall–Kier alpha value is -0.420. The van der Waals surface area contributed by atoms with E-state index in [1.165, 1.54) is 30.6 Å². The van der Waals surface area contributed by atoms with Gasteiger partial charge in [0.25, 0.3) is 5.91 Å². The largest absolute Gasteiger partial charge is 0.347 e. The second-order valence-electron chi connectivity index (χ2n) is 4.50. The van der Waals surface area contributed by atoms with E-state index in [1.54, 1.807) is 5.51 Å². The van der Waals surface area contributed by atoms with E-state index >= 15 is 0 Å². The number of aromatic nitrogens is 1. The van der Waals surface area contributed by atoms with Crippen molar-refractivity contribution in [1.29, 1.82) is 0 Å². The minimum Gasteiger partial charge on any atom is -0.347 e. The first-order valence-corrected chi connectivity index (χ1v) is 7.83. The number of carbonyl (C=O) groups excluding carboxylic acids is 1. The molecule has 1 aliphatic rings. The molecule has 0 radical (unpaired) electrons. The Balaban J connectivity index is 2.00. The predicted octanol–water partition coefficient (Wildman–Crippen LogP) is 3.28. The Bertz CT molecular complexity index is 394. The summed E-state index contributed by atoms with van der Waals surface area (Å²) < 4.78 is 0. The van der Waals surface area contributed by atoms with Crippen LogP contribution in [-0.2, 0) is 0 Å². The summed E-state index contributed by atoms with van der Waals surface area (Å²) in [7, 11) is 0. The van der Waals surface area contributed by atoms with E-state index in [4.69, 9.17) is 0 Å². The zero-order valence-electron chi connectivity index (χ0n) is 9.91. The number of aryl methyl sites for hydroxylation is 1. The lowest BCUT2D eigenvalue weighted by molar-refractivity contribution is 0.0938. The van der Waals surface area contributed by atoms with Gasteiger partial charge in [0.2, 0.25) is 0 Å². The van der Waals surface area contributed by atoms with Gasteiger partial charge in [-0.3, -0.25) is 4.79 Å². The van der Waals surface area contributed by atoms with E-state index in [0.717, 1.165) is 23.4 Å². The molecule has 1 saturated carbocycles. The topological polar surface area (TPSA) is 42.0 Å². The Labute approximate surface area is 114 Å². The number of amides is 1. The molecule has 1 N–H and O–H groups in total. The van der Waals surface area contributed by atoms with Gasteiger partial charge in [0.1, 0.15) is 4.88 Å². The fourth-order valence-electron chi connectivity index (χ4n) is 2.18. The van der Waals surface area contributed by atoms with Crippen molar-refractivity contribution in [3.63, 3.8) is 0 Å². The SMILES string of the molecule is Cc1ncsc1C(=O)NC1CCCCCC1Br. The number of thiazole rings is 1. The number of halogens is 1. The van der Waals surface area contributed by atoms with Gasteiger partial charge < -0.3 is 5.32 Å². The summed E-state index contributed by atoms with van der Waals surface area (Å²) in [6.07, 6.45) is 5.94. The van der Waals surface area contributed by atoms with Gasteiger partial charge in [-0.15, -0.1) is 11.3 Å². The summed E-state index contributed by atoms with van der Waals surface area (Å²) in [5.41, 5.74) is 2.55. The van der Waals surface area contributed by atoms with Crippen molar-refractivity contribution in [3.05, 3.63) is 16.1 Å². The Morgan fingerprint density at radius 1 is 1.47 bits per heavy atom. The minimum atomic E-state index is 0.0290. The van der Waals surface area contributed by atoms with Gasteiger partial charge in [0, 0.05) is 10.9 Å². The first kappa shape index (κ1) is 13.0. The molecule has 0 aliphatic heterocycles. The van der Waals surface area contributed by atoms with Gasteiger partial charge in [-0.25, -0.2) is 4.98 Å². The van der Waals surface area contributed by atoms with Crippen molar-refractivity contribution in [3.8, 4) is 0 Å². The van der Waals surface area contributed by atoms with Crippen molar-refractivity contribution in [2.75, 3.05) is 0 Å². The van der Waals surface area contributed by atoms with Crippen LogP contribution >= 0.6 is 27.3 Å². The van der Waals surface area contributed by atoms with Crippen LogP contribution in [0.2, 0.25) is 0 Å². The first-order valence-electron chi connectivity index (χ1n) is 6.03. The summed E-state index contributed by atoms with van der Waals surface area (Å²) in [5, 5.41) is 3.14. The van der Waals surface area contributed by atoms with E-state index in [2.05, 4.69) is 26.2 Å². The average molecular weight is 317 g/mol. The van der Waals surface area contributed by atoms with E-state index in [1.807, 2.05) is 6.92 Å². The normalized spacial score (nSPS) is 25.3. The Kier molecular flexibility index (Phi) is 4.56. The van der Waals surface area contributed by atoms with Gasteiger partial charge in [-0.05, 0) is 19.8 Å². The fourth-order valence-corrected chi connectivity index (χ4v) is 3.60. The van der Waals surface area contributed by atoms with Gasteiger partial charge >= 0.3 is 0 Å². The molecule has 1 heterocycles. The molecule has 94 valence electrons. The highest BCUT2D eigenvalue weighted by atomic mass is 79.9. The summed E-state index contributed by atoms with van der Waals surface area (Å²) in [6.45, 7) is 1.88. The van der Waals surface area contributed by atoms with Crippen LogP contribution in [-0.4, -0.2) is 21.8 Å². The van der Waals surface area contributed by atoms with Crippen LogP contribution in [0.25, 0.3) is 0 Å². The molecular formula is C12H17BrN2OS. The molecule has 1 aliphatic carbocycles. The number of nitrogens with zero attached hydrogens (tertiary/aromatic N) is 1. The van der Waals surface area contributed by atoms with Crippen LogP contribution in [0.3, 0.4) is 0 Å². The first-order chi connectivity index (χ1) is 8.18. The van der Waals surface area contributed by atoms with Crippen LogP contribution in [0.5, 0.6) is 0 Å². The second-order valence-corrected chi connectivity index (χ2v) is 6.53. The quantitative estimate of drug-likeness (QED) is 0.672. The van der Waals surface area contributed by atoms with Gasteiger partial charge in [-0.2, -0.15) is 0 Å². The van der Waals surface area contributed by atoms with E-state index < -0.39 is 0 Å². The highest BCUT2D eigenvalue weighted by Gasteiger charge is 2.24. The molecule has 1 amide bonds. The standard InChI is InChI=1S/C12H17BrN2OS/c1-8-11(17-7-14-8)12(16)15-10-6-4-2-3-5-9(10)13/h7,9-10H,2-6H2,1H3,(H,15,16). The lowest BCUT2D eigenvalue weighted by Crippen LogP contribution is -2.40. The molecular weight excluding hydrogens is 300 g/mol. The number of rotatable bonds is 2. The minimum absolute atomic E-state index is 0.0290. The summed E-state index contributed by atoms with van der Waals surface area (Å²) in [5.74, 6) is 0.0290. The fraction of sp³-hybridized carbons (Fsp3) is 0.667. The lowest BCUT2D eigenvalue weighted by Gasteiger charge is -2.21. The Morgan fingerprint density at radius 2 is 2.24 bits per heavy atom. The molecule has 0 saturated heterocycles. The van der Waals surface area contributed by atoms with E-state index in [9.17, 15) is 4.79 Å². The van der Waals surface area contributed by atoms with E-state index in [0.29, 0.717) is 4.83 Å². The molecule has 5 heteroatoms. The number of hydrogen-bond donors (Lipinski definition) is 1. The molecule has 1 fully saturated rings. The average Bonchev–Trinajstić information content (AvgIpc) is 2.63. The molecule has 0 aromatic carbocycles. The van der Waals surface area contributed by atoms with Crippen LogP contribution in [0.15, 0.2) is 5.51 Å². The predicted molar refractivity (Wildman–Crippen MR) is 73.9 cm³/mol. The molecule has 0 bridgehead atoms. The molecule has 17 heavy (non-hydrogen) atoms. The van der Waals surface area contributed by atoms with Crippen molar-refractivity contribution in [1.82, 2.24) is 10.3 Å². The lowest BCUT2D eigenvalue weighted by atomic mass is 10.1. The van der Waals surface area contributed by atoms with Crippen molar-refractivity contribution < 1.29 is 4.79 Å². The van der Waals surface area contributed by atoms with Gasteiger partial charge in [0.05, 0.1) is 11.2 Å². The summed E-state index contributed by atoms with van der Waals surface area (Å²) >= 11 is 5.10. The van der Waals surface area contributed by atoms with Crippen LogP contribution in [0.1, 0.15) is 47.5 Å². The molecule has 0 spiro atoms. The smallest absolute Gasteiger partial charge is 0.263 e. The molecule has 2 rings (SSSR count). The highest BCUT2D eigenvalue weighted by molar-refractivity contribution is 9.09. The van der Waals surface area contributed by atoms with Crippen molar-refractivity contribution >= 4 is 33.2 Å². The third-order valence-corrected chi connectivity index (χ3v) is 5.22. The van der Waals surface area contributed by atoms with Crippen LogP contribution in [0, 0.1) is 6.92 Å². The number of nitrogens with one attached hydrogen (secondary N) is 1. The maximum atomic E-state index is 12.1. The van der Waals surface area contributed by atoms with Crippen LogP contribution < -0.4 is 5.32 Å². The Morgan fingerprint density at radius 3 is 2.94 bits per heavy atom. The van der Waals surface area contributed by atoms with Crippen LogP contribution in [0.4, 0.5) is 0 Å². The zero-order valence-corrected chi connectivity index (χ0v) is 12.3.